The van der Waals surface area contributed by atoms with Gasteiger partial charge in [-0.25, -0.2) is 0 Å². The van der Waals surface area contributed by atoms with Crippen LogP contribution in [0.3, 0.4) is 0 Å². The topological polar surface area (TPSA) is 13.1 Å². The van der Waals surface area contributed by atoms with Crippen LogP contribution in [0.25, 0.3) is 98.4 Å². The monoisotopic (exact) mass is 611 g/mol. The smallest absolute Gasteiger partial charge is 0.136 e. The second-order valence-corrected chi connectivity index (χ2v) is 11.2. The predicted octanol–water partition coefficient (Wildman–Crippen LogP) is 13.2. The van der Waals surface area contributed by atoms with E-state index in [1.165, 1.54) is 0 Å². The van der Waals surface area contributed by atoms with Gasteiger partial charge in [0.25, 0.3) is 0 Å². The van der Waals surface area contributed by atoms with Gasteiger partial charge in [0.05, 0.1) is 20.6 Å². The average molecular weight is 612 g/mol. The first-order chi connectivity index (χ1) is 29.6. The van der Waals surface area contributed by atoms with Crippen molar-refractivity contribution in [3.05, 3.63) is 169 Å². The van der Waals surface area contributed by atoms with E-state index in [9.17, 15) is 6.85 Å². The van der Waals surface area contributed by atoms with Crippen LogP contribution in [-0.2, 0) is 0 Å². The molecule has 0 amide bonds. The lowest BCUT2D eigenvalue weighted by atomic mass is 9.81. The van der Waals surface area contributed by atoms with Crippen LogP contribution < -0.4 is 0 Å². The Morgan fingerprint density at radius 3 is 1.70 bits per heavy atom. The fourth-order valence-corrected chi connectivity index (χ4v) is 6.90. The van der Waals surface area contributed by atoms with E-state index in [0.717, 1.165) is 0 Å². The van der Waals surface area contributed by atoms with Gasteiger partial charge >= 0.3 is 0 Å². The van der Waals surface area contributed by atoms with E-state index < -0.39 is 90.6 Å². The van der Waals surface area contributed by atoms with Crippen LogP contribution in [0.15, 0.2) is 174 Å². The van der Waals surface area contributed by atoms with Crippen molar-refractivity contribution in [2.45, 2.75) is 0 Å². The molecule has 1 aromatic heterocycles. The van der Waals surface area contributed by atoms with Crippen LogP contribution in [0.5, 0.6) is 0 Å². The van der Waals surface area contributed by atoms with E-state index in [0.29, 0.717) is 38.3 Å². The van der Waals surface area contributed by atoms with Crippen LogP contribution in [0, 0.1) is 0 Å². The van der Waals surface area contributed by atoms with Crippen molar-refractivity contribution in [3.8, 4) is 33.4 Å². The predicted molar refractivity (Wildman–Crippen MR) is 200 cm³/mol. The zero-order chi connectivity index (χ0) is 44.0. The zero-order valence-electron chi connectivity index (χ0n) is 39.4. The molecule has 10 rings (SSSR count). The van der Waals surface area contributed by atoms with Crippen LogP contribution in [0.4, 0.5) is 0 Å². The zero-order valence-corrected chi connectivity index (χ0v) is 24.4. The van der Waals surface area contributed by atoms with Crippen molar-refractivity contribution in [1.29, 1.82) is 0 Å². The van der Waals surface area contributed by atoms with E-state index in [2.05, 4.69) is 0 Å². The molecule has 0 fully saturated rings. The van der Waals surface area contributed by atoms with Gasteiger partial charge < -0.3 is 4.42 Å². The van der Waals surface area contributed by atoms with Crippen LogP contribution in [0.1, 0.15) is 20.6 Å². The van der Waals surface area contributed by atoms with Crippen molar-refractivity contribution in [1.82, 2.24) is 0 Å². The average Bonchev–Trinajstić information content (AvgIpc) is 3.67. The van der Waals surface area contributed by atoms with Gasteiger partial charge in [-0.15, -0.1) is 0 Å². The number of fused-ring (bicyclic) bond motifs is 7. The quantitative estimate of drug-likeness (QED) is 0.181. The van der Waals surface area contributed by atoms with Crippen LogP contribution in [0.2, 0.25) is 0 Å². The molecule has 0 N–H and O–H groups in total. The summed E-state index contributed by atoms with van der Waals surface area (Å²) >= 11 is 0. The Balaban J connectivity index is 1.55. The van der Waals surface area contributed by atoms with Gasteiger partial charge in [0, 0.05) is 10.8 Å². The van der Waals surface area contributed by atoms with E-state index in [4.69, 9.17) is 18.1 Å². The molecule has 1 heteroatoms. The number of hydrogen-bond donors (Lipinski definition) is 0. The third kappa shape index (κ3) is 3.84. The summed E-state index contributed by atoms with van der Waals surface area (Å²) in [6.45, 7) is 0. The minimum absolute atomic E-state index is 0.0578. The fraction of sp³-hybridized carbons (Fsp3) is 0. The third-order valence-corrected chi connectivity index (χ3v) is 8.81. The van der Waals surface area contributed by atoms with E-state index in [1.54, 1.807) is 66.7 Å². The highest BCUT2D eigenvalue weighted by Gasteiger charge is 2.22. The Hall–Kier alpha value is -6.18. The fourth-order valence-electron chi connectivity index (χ4n) is 6.90. The summed E-state index contributed by atoms with van der Waals surface area (Å²) in [5.74, 6) is 0. The summed E-state index contributed by atoms with van der Waals surface area (Å²) in [6.07, 6.45) is 0. The first-order valence-corrected chi connectivity index (χ1v) is 15.0. The third-order valence-electron chi connectivity index (χ3n) is 8.81. The molecular weight excluding hydrogens is 569 g/mol. The van der Waals surface area contributed by atoms with Gasteiger partial charge in [0.2, 0.25) is 0 Å². The van der Waals surface area contributed by atoms with Crippen LogP contribution >= 0.6 is 0 Å². The van der Waals surface area contributed by atoms with Gasteiger partial charge in [0.1, 0.15) is 11.2 Å². The molecule has 0 aliphatic rings. The Morgan fingerprint density at radius 2 is 0.936 bits per heavy atom. The lowest BCUT2D eigenvalue weighted by molar-refractivity contribution is 0.669. The lowest BCUT2D eigenvalue weighted by Gasteiger charge is -2.21. The van der Waals surface area contributed by atoms with Crippen molar-refractivity contribution >= 4 is 65.0 Å². The maximum Gasteiger partial charge on any atom is 0.136 e. The summed E-state index contributed by atoms with van der Waals surface area (Å²) < 4.78 is 143. The number of benzene rings is 9. The van der Waals surface area contributed by atoms with Gasteiger partial charge in [-0.2, -0.15) is 0 Å². The molecule has 0 aliphatic heterocycles. The SMILES string of the molecule is [2H]c1c([2H])c([2H])c2c(-c3c(-c4c5c([2H])c([2H])c([2H])c([2H])c5c(-c5cccc6oc7ccccc7c56)c5c([2H])c([2H])c([2H])c([2H])c45)ccc4ccccc34)c([2H])c([2H])c([2H])c2c1[2H]. The van der Waals surface area contributed by atoms with Crippen LogP contribution in [-0.4, -0.2) is 0 Å². The summed E-state index contributed by atoms with van der Waals surface area (Å²) in [7, 11) is 0. The second-order valence-electron chi connectivity index (χ2n) is 11.2. The lowest BCUT2D eigenvalue weighted by Crippen LogP contribution is -1.94. The largest absolute Gasteiger partial charge is 0.456 e. The van der Waals surface area contributed by atoms with E-state index in [1.807, 2.05) is 12.1 Å². The molecule has 0 atom stereocenters. The second kappa shape index (κ2) is 10.2. The summed E-state index contributed by atoms with van der Waals surface area (Å²) in [6, 6.07) is 13.8. The maximum atomic E-state index is 9.63. The molecule has 218 valence electrons. The van der Waals surface area contributed by atoms with Crippen molar-refractivity contribution in [3.63, 3.8) is 0 Å². The minimum Gasteiger partial charge on any atom is -0.456 e. The molecule has 0 bridgehead atoms. The summed E-state index contributed by atoms with van der Waals surface area (Å²) in [4.78, 5) is 0. The Labute approximate surface area is 293 Å². The molecule has 1 heterocycles. The Kier molecular flexibility index (Phi) is 3.33. The molecule has 0 aliphatic carbocycles. The van der Waals surface area contributed by atoms with Crippen molar-refractivity contribution < 1.29 is 25.0 Å². The highest BCUT2D eigenvalue weighted by Crippen LogP contribution is 2.50. The van der Waals surface area contributed by atoms with E-state index >= 15 is 0 Å². The Bertz CT molecular complexity index is 3620. The molecule has 0 saturated carbocycles. The first-order valence-electron chi connectivity index (χ1n) is 22.5. The maximum absolute atomic E-state index is 9.63. The van der Waals surface area contributed by atoms with Crippen molar-refractivity contribution in [2.75, 3.05) is 0 Å². The standard InChI is InChI=1S/C46H28O/c1-3-16-31-29(13-1)15-11-23-33(31)43-32-17-4-2-14-30(32)27-28-40(43)45-36-20-7-5-18-34(36)44(35-19-6-8-21-37(35)45)39-24-12-26-42-46(39)38-22-9-10-25-41(38)47-42/h1-28H/i1D,3D,5D,6D,7D,8D,11D,13D,15D,16D,18D,19D,20D,21D,23D. The molecule has 0 spiro atoms. The molecule has 9 aromatic carbocycles. The van der Waals surface area contributed by atoms with Gasteiger partial charge in [-0.3, -0.25) is 0 Å². The highest BCUT2D eigenvalue weighted by atomic mass is 16.3. The van der Waals surface area contributed by atoms with Gasteiger partial charge in [-0.05, 0) is 88.6 Å². The molecular formula is C46H28O. The van der Waals surface area contributed by atoms with Gasteiger partial charge in [0.15, 0.2) is 0 Å². The van der Waals surface area contributed by atoms with E-state index in [-0.39, 0.29) is 60.1 Å². The molecule has 0 saturated heterocycles. The summed E-state index contributed by atoms with van der Waals surface area (Å²) in [5, 5.41) is 1.26. The molecule has 0 unspecified atom stereocenters. The number of para-hydroxylation sites is 1. The normalized spacial score (nSPS) is 16.3. The number of hydrogen-bond acceptors (Lipinski definition) is 1. The highest BCUT2D eigenvalue weighted by molar-refractivity contribution is 6.27. The van der Waals surface area contributed by atoms with Crippen molar-refractivity contribution in [2.24, 2.45) is 0 Å². The number of rotatable bonds is 3. The minimum atomic E-state index is -0.647. The Morgan fingerprint density at radius 1 is 0.340 bits per heavy atom. The van der Waals surface area contributed by atoms with Gasteiger partial charge in [-0.1, -0.05) is 157 Å². The molecule has 47 heavy (non-hydrogen) atoms. The molecule has 10 aromatic rings. The first kappa shape index (κ1) is 15.4. The summed E-state index contributed by atoms with van der Waals surface area (Å²) in [5.41, 5.74) is 1.39. The molecule has 0 radical (unpaired) electrons. The number of furan rings is 1. The molecule has 1 nitrogen and oxygen atoms in total.